The zero-order chi connectivity index (χ0) is 32.6. The Morgan fingerprint density at radius 1 is 0.978 bits per heavy atom. The van der Waals surface area contributed by atoms with Gasteiger partial charge in [0.2, 0.25) is 5.88 Å². The van der Waals surface area contributed by atoms with Gasteiger partial charge in [-0.25, -0.2) is 20.1 Å². The molecule has 0 atom stereocenters. The van der Waals surface area contributed by atoms with Crippen molar-refractivity contribution < 1.29 is 22.2 Å². The number of fused-ring (bicyclic) bond motifs is 6. The van der Waals surface area contributed by atoms with Crippen LogP contribution in [0, 0.1) is 5.41 Å². The number of anilines is 2. The van der Waals surface area contributed by atoms with E-state index in [9.17, 15) is 13.2 Å². The summed E-state index contributed by atoms with van der Waals surface area (Å²) in [6.07, 6.45) is 4.57. The molecule has 246 valence electrons. The molecule has 0 spiro atoms. The number of benzene rings is 1. The summed E-state index contributed by atoms with van der Waals surface area (Å²) in [7, 11) is 0. The maximum absolute atomic E-state index is 13.4. The third-order valence-corrected chi connectivity index (χ3v) is 8.96. The molecule has 4 bridgehead atoms. The number of hydrogen-bond donors (Lipinski definition) is 1. The van der Waals surface area contributed by atoms with Crippen LogP contribution in [0.5, 0.6) is 5.88 Å². The average molecular weight is 673 g/mol. The number of aryl methyl sites for hydroxylation is 1. The van der Waals surface area contributed by atoms with Crippen LogP contribution in [0.2, 0.25) is 0 Å². The van der Waals surface area contributed by atoms with E-state index in [-0.39, 0.29) is 5.88 Å². The standard InChI is InChI=1S/C33H39F3N6O2S2/c1-32(2,33(34,35)36)23-43-29-18-20-42(39-29)26-16-17-27-37-31(26)25-13-8-7-12-24(25)11-6-4-5-9-19-41(21-22-45-3)28-14-10-15-30(38-28)46-44-40-27/h7-8,10,12-18,20H,4-6,9,11,19,21-23H2,1-3H3,(H,37,40). The third-order valence-electron chi connectivity index (χ3n) is 7.80. The van der Waals surface area contributed by atoms with Crippen LogP contribution in [0.3, 0.4) is 0 Å². The Labute approximate surface area is 276 Å². The van der Waals surface area contributed by atoms with Gasteiger partial charge in [-0.15, -0.1) is 5.10 Å². The summed E-state index contributed by atoms with van der Waals surface area (Å²) < 4.78 is 53.0. The zero-order valence-corrected chi connectivity index (χ0v) is 27.9. The van der Waals surface area contributed by atoms with Crippen LogP contribution in [0.15, 0.2) is 71.9 Å². The van der Waals surface area contributed by atoms with Crippen LogP contribution in [-0.4, -0.2) is 57.6 Å². The molecule has 0 amide bonds. The van der Waals surface area contributed by atoms with E-state index in [2.05, 4.69) is 27.8 Å². The molecule has 4 aromatic rings. The summed E-state index contributed by atoms with van der Waals surface area (Å²) in [6.45, 7) is 3.54. The van der Waals surface area contributed by atoms with E-state index in [4.69, 9.17) is 19.0 Å². The fourth-order valence-corrected chi connectivity index (χ4v) is 5.84. The molecule has 1 N–H and O–H groups in total. The van der Waals surface area contributed by atoms with Gasteiger partial charge < -0.3 is 9.64 Å². The number of rotatable bonds is 7. The molecule has 0 aliphatic carbocycles. The topological polar surface area (TPSA) is 77.3 Å². The summed E-state index contributed by atoms with van der Waals surface area (Å²) in [4.78, 5) is 12.1. The van der Waals surface area contributed by atoms with Crippen LogP contribution in [0.25, 0.3) is 16.9 Å². The minimum Gasteiger partial charge on any atom is -0.476 e. The lowest BCUT2D eigenvalue weighted by Crippen LogP contribution is -2.37. The fraction of sp³-hybridized carbons (Fsp3) is 0.424. The van der Waals surface area contributed by atoms with Crippen molar-refractivity contribution in [2.45, 2.75) is 57.2 Å². The first-order chi connectivity index (χ1) is 22.1. The molecular formula is C33H39F3N6O2S2. The highest BCUT2D eigenvalue weighted by Crippen LogP contribution is 2.38. The number of nitrogens with one attached hydrogen (secondary N) is 1. The quantitative estimate of drug-likeness (QED) is 0.194. The van der Waals surface area contributed by atoms with Crippen LogP contribution in [0.4, 0.5) is 24.8 Å². The van der Waals surface area contributed by atoms with Gasteiger partial charge in [-0.3, -0.25) is 0 Å². The predicted molar refractivity (Wildman–Crippen MR) is 180 cm³/mol. The molecule has 0 unspecified atom stereocenters. The molecule has 3 aromatic heterocycles. The molecule has 8 nitrogen and oxygen atoms in total. The number of alkyl halides is 3. The smallest absolute Gasteiger partial charge is 0.397 e. The molecule has 5 rings (SSSR count). The van der Waals surface area contributed by atoms with Crippen LogP contribution in [0.1, 0.15) is 45.1 Å². The van der Waals surface area contributed by atoms with E-state index >= 15 is 0 Å². The van der Waals surface area contributed by atoms with Crippen molar-refractivity contribution in [2.75, 3.05) is 42.1 Å². The average Bonchev–Trinajstić information content (AvgIpc) is 3.51. The number of hydrogen-bond acceptors (Lipinski definition) is 9. The normalized spacial score (nSPS) is 15.0. The van der Waals surface area contributed by atoms with E-state index in [1.54, 1.807) is 23.0 Å². The highest BCUT2D eigenvalue weighted by molar-refractivity contribution is 7.98. The molecule has 0 saturated heterocycles. The van der Waals surface area contributed by atoms with Crippen LogP contribution < -0.4 is 15.1 Å². The van der Waals surface area contributed by atoms with Crippen molar-refractivity contribution in [3.8, 4) is 22.8 Å². The number of ether oxygens (including phenoxy) is 1. The Balaban J connectivity index is 1.43. The van der Waals surface area contributed by atoms with Crippen molar-refractivity contribution in [3.63, 3.8) is 0 Å². The monoisotopic (exact) mass is 672 g/mol. The van der Waals surface area contributed by atoms with E-state index < -0.39 is 18.2 Å². The molecule has 0 fully saturated rings. The lowest BCUT2D eigenvalue weighted by atomic mass is 9.94. The predicted octanol–water partition coefficient (Wildman–Crippen LogP) is 8.63. The molecular weight excluding hydrogens is 634 g/mol. The van der Waals surface area contributed by atoms with Gasteiger partial charge in [0.1, 0.15) is 17.5 Å². The Kier molecular flexibility index (Phi) is 11.4. The number of thioether (sulfide) groups is 1. The highest BCUT2D eigenvalue weighted by Gasteiger charge is 2.48. The molecule has 1 aromatic carbocycles. The number of halogens is 3. The first kappa shape index (κ1) is 33.9. The number of aromatic nitrogens is 4. The Morgan fingerprint density at radius 2 is 1.80 bits per heavy atom. The molecule has 0 saturated carbocycles. The zero-order valence-electron chi connectivity index (χ0n) is 26.2. The summed E-state index contributed by atoms with van der Waals surface area (Å²) in [5.41, 5.74) is 4.34. The van der Waals surface area contributed by atoms with Gasteiger partial charge in [0.25, 0.3) is 0 Å². The van der Waals surface area contributed by atoms with Gasteiger partial charge in [0, 0.05) is 36.7 Å². The minimum atomic E-state index is -4.40. The second-order valence-electron chi connectivity index (χ2n) is 11.7. The summed E-state index contributed by atoms with van der Waals surface area (Å²) >= 11 is 2.95. The van der Waals surface area contributed by atoms with E-state index in [0.717, 1.165) is 98.8 Å². The van der Waals surface area contributed by atoms with Gasteiger partial charge in [-0.05, 0) is 69.2 Å². The van der Waals surface area contributed by atoms with Gasteiger partial charge in [-0.2, -0.15) is 29.2 Å². The van der Waals surface area contributed by atoms with E-state index in [1.807, 2.05) is 54.2 Å². The lowest BCUT2D eigenvalue weighted by Gasteiger charge is -2.26. The van der Waals surface area contributed by atoms with Gasteiger partial charge in [0.05, 0.1) is 28.8 Å². The van der Waals surface area contributed by atoms with Crippen molar-refractivity contribution in [3.05, 3.63) is 72.4 Å². The van der Waals surface area contributed by atoms with Crippen molar-refractivity contribution in [2.24, 2.45) is 5.41 Å². The van der Waals surface area contributed by atoms with Crippen LogP contribution in [-0.2, 0) is 10.7 Å². The van der Waals surface area contributed by atoms with Crippen molar-refractivity contribution >= 4 is 35.4 Å². The summed E-state index contributed by atoms with van der Waals surface area (Å²) in [6, 6.07) is 19.3. The Hall–Kier alpha value is -3.42. The molecule has 13 heteroatoms. The molecule has 4 heterocycles. The third kappa shape index (κ3) is 8.68. The van der Waals surface area contributed by atoms with Gasteiger partial charge in [-0.1, -0.05) is 43.2 Å². The first-order valence-corrected chi connectivity index (χ1v) is 17.4. The lowest BCUT2D eigenvalue weighted by molar-refractivity contribution is -0.219. The maximum atomic E-state index is 13.4. The maximum Gasteiger partial charge on any atom is 0.397 e. The number of pyridine rings is 2. The molecule has 1 aliphatic rings. The second kappa shape index (κ2) is 15.4. The van der Waals surface area contributed by atoms with Crippen molar-refractivity contribution in [1.29, 1.82) is 0 Å². The van der Waals surface area contributed by atoms with E-state index in [1.165, 1.54) is 0 Å². The second-order valence-corrected chi connectivity index (χ2v) is 13.5. The van der Waals surface area contributed by atoms with Crippen LogP contribution >= 0.6 is 23.8 Å². The minimum absolute atomic E-state index is 0.0988. The highest BCUT2D eigenvalue weighted by atomic mass is 32.2. The Morgan fingerprint density at radius 3 is 2.63 bits per heavy atom. The molecule has 46 heavy (non-hydrogen) atoms. The molecule has 0 radical (unpaired) electrons. The first-order valence-electron chi connectivity index (χ1n) is 15.3. The SMILES string of the molecule is CSCCN1CCCCCCc2ccccc2-c2nc(ccc2-n2ccc(OCC(C)(C)C(F)(F)F)n2)NOSc2cccc1n2. The largest absolute Gasteiger partial charge is 0.476 e. The van der Waals surface area contributed by atoms with Gasteiger partial charge >= 0.3 is 6.18 Å². The fourth-order valence-electron chi connectivity index (χ4n) is 4.96. The summed E-state index contributed by atoms with van der Waals surface area (Å²) in [5, 5.41) is 5.18. The van der Waals surface area contributed by atoms with Gasteiger partial charge in [0.15, 0.2) is 5.82 Å². The van der Waals surface area contributed by atoms with E-state index in [0.29, 0.717) is 17.2 Å². The Bertz CT molecular complexity index is 1580. The number of nitrogens with zero attached hydrogens (tertiary/aromatic N) is 5. The molecule has 1 aliphatic heterocycles. The summed E-state index contributed by atoms with van der Waals surface area (Å²) in [5.74, 6) is 2.55. The van der Waals surface area contributed by atoms with Crippen molar-refractivity contribution in [1.82, 2.24) is 19.7 Å².